The zero-order valence-corrected chi connectivity index (χ0v) is 8.84. The first kappa shape index (κ1) is 11.0. The van der Waals surface area contributed by atoms with Gasteiger partial charge in [0, 0.05) is 25.2 Å². The Morgan fingerprint density at radius 1 is 1.43 bits per heavy atom. The summed E-state index contributed by atoms with van der Waals surface area (Å²) in [5.74, 6) is 0.931. The third kappa shape index (κ3) is 3.01. The fourth-order valence-corrected chi connectivity index (χ4v) is 1.37. The topological polar surface area (TPSA) is 47.3 Å². The van der Waals surface area contributed by atoms with Gasteiger partial charge in [0.1, 0.15) is 5.75 Å². The number of nitrogens with two attached hydrogens (primary N) is 1. The van der Waals surface area contributed by atoms with Crippen LogP contribution in [0.4, 0.5) is 0 Å². The second-order valence-electron chi connectivity index (χ2n) is 3.28. The summed E-state index contributed by atoms with van der Waals surface area (Å²) < 4.78 is 5.26. The molecule has 0 aliphatic heterocycles. The number of benzene rings is 1. The van der Waals surface area contributed by atoms with E-state index in [-0.39, 0.29) is 0 Å². The first-order valence-electron chi connectivity index (χ1n) is 4.82. The van der Waals surface area contributed by atoms with Crippen molar-refractivity contribution in [3.05, 3.63) is 29.3 Å². The lowest BCUT2D eigenvalue weighted by atomic mass is 10.1. The quantitative estimate of drug-likeness (QED) is 0.689. The van der Waals surface area contributed by atoms with Crippen molar-refractivity contribution in [3.8, 4) is 5.75 Å². The largest absolute Gasteiger partial charge is 0.496 e. The minimum absolute atomic E-state index is 0.661. The van der Waals surface area contributed by atoms with E-state index < -0.39 is 0 Å². The number of hydrogen-bond donors (Lipinski definition) is 2. The standard InChI is InChI=1S/C11H18N2O/c1-9-3-4-11(14-2)10(7-9)8-13-6-5-12/h3-4,7,13H,5-6,8,12H2,1-2H3. The highest BCUT2D eigenvalue weighted by Crippen LogP contribution is 2.18. The smallest absolute Gasteiger partial charge is 0.123 e. The maximum absolute atomic E-state index is 5.40. The Morgan fingerprint density at radius 3 is 2.86 bits per heavy atom. The van der Waals surface area contributed by atoms with Gasteiger partial charge in [0.15, 0.2) is 0 Å². The van der Waals surface area contributed by atoms with Crippen LogP contribution < -0.4 is 15.8 Å². The molecule has 78 valence electrons. The average molecular weight is 194 g/mol. The molecule has 1 aromatic carbocycles. The summed E-state index contributed by atoms with van der Waals surface area (Å²) in [4.78, 5) is 0. The molecule has 0 radical (unpaired) electrons. The minimum atomic E-state index is 0.661. The first-order valence-corrected chi connectivity index (χ1v) is 4.82. The van der Waals surface area contributed by atoms with Crippen LogP contribution in [0.2, 0.25) is 0 Å². The van der Waals surface area contributed by atoms with Gasteiger partial charge in [0.25, 0.3) is 0 Å². The first-order chi connectivity index (χ1) is 6.77. The molecule has 0 saturated carbocycles. The number of rotatable bonds is 5. The maximum atomic E-state index is 5.40. The summed E-state index contributed by atoms with van der Waals surface area (Å²) in [6, 6.07) is 6.17. The van der Waals surface area contributed by atoms with Crippen LogP contribution in [0.15, 0.2) is 18.2 Å². The average Bonchev–Trinajstić information content (AvgIpc) is 2.19. The van der Waals surface area contributed by atoms with E-state index in [1.165, 1.54) is 11.1 Å². The van der Waals surface area contributed by atoms with Gasteiger partial charge in [-0.05, 0) is 13.0 Å². The summed E-state index contributed by atoms with van der Waals surface area (Å²) in [7, 11) is 1.69. The number of ether oxygens (including phenoxy) is 1. The van der Waals surface area contributed by atoms with Crippen LogP contribution in [0.1, 0.15) is 11.1 Å². The summed E-state index contributed by atoms with van der Waals surface area (Å²) in [5.41, 5.74) is 7.83. The van der Waals surface area contributed by atoms with Gasteiger partial charge in [-0.3, -0.25) is 0 Å². The second-order valence-corrected chi connectivity index (χ2v) is 3.28. The number of aryl methyl sites for hydroxylation is 1. The van der Waals surface area contributed by atoms with Crippen molar-refractivity contribution in [1.29, 1.82) is 0 Å². The van der Waals surface area contributed by atoms with Gasteiger partial charge in [-0.15, -0.1) is 0 Å². The lowest BCUT2D eigenvalue weighted by molar-refractivity contribution is 0.407. The highest BCUT2D eigenvalue weighted by molar-refractivity contribution is 5.36. The Hall–Kier alpha value is -1.06. The second kappa shape index (κ2) is 5.62. The van der Waals surface area contributed by atoms with Gasteiger partial charge in [-0.2, -0.15) is 0 Å². The van der Waals surface area contributed by atoms with Gasteiger partial charge in [-0.25, -0.2) is 0 Å². The summed E-state index contributed by atoms with van der Waals surface area (Å²) >= 11 is 0. The van der Waals surface area contributed by atoms with Crippen molar-refractivity contribution in [2.24, 2.45) is 5.73 Å². The molecular formula is C11H18N2O. The lowest BCUT2D eigenvalue weighted by Gasteiger charge is -2.09. The molecule has 0 heterocycles. The monoisotopic (exact) mass is 194 g/mol. The van der Waals surface area contributed by atoms with Crippen molar-refractivity contribution in [3.63, 3.8) is 0 Å². The molecule has 0 aliphatic rings. The van der Waals surface area contributed by atoms with Gasteiger partial charge < -0.3 is 15.8 Å². The SMILES string of the molecule is COc1ccc(C)cc1CNCCN. The molecule has 0 aromatic heterocycles. The van der Waals surface area contributed by atoms with Crippen molar-refractivity contribution < 1.29 is 4.74 Å². The van der Waals surface area contributed by atoms with Crippen molar-refractivity contribution in [2.45, 2.75) is 13.5 Å². The van der Waals surface area contributed by atoms with E-state index in [4.69, 9.17) is 10.5 Å². The molecule has 0 bridgehead atoms. The highest BCUT2D eigenvalue weighted by Gasteiger charge is 2.01. The predicted octanol–water partition coefficient (Wildman–Crippen LogP) is 1.05. The fourth-order valence-electron chi connectivity index (χ4n) is 1.37. The van der Waals surface area contributed by atoms with Gasteiger partial charge in [0.2, 0.25) is 0 Å². The van der Waals surface area contributed by atoms with Gasteiger partial charge in [-0.1, -0.05) is 17.7 Å². The molecule has 0 saturated heterocycles. The van der Waals surface area contributed by atoms with Crippen LogP contribution in [-0.4, -0.2) is 20.2 Å². The molecule has 0 atom stereocenters. The Balaban J connectivity index is 2.67. The third-order valence-electron chi connectivity index (χ3n) is 2.07. The highest BCUT2D eigenvalue weighted by atomic mass is 16.5. The van der Waals surface area contributed by atoms with Crippen LogP contribution in [0.3, 0.4) is 0 Å². The molecule has 14 heavy (non-hydrogen) atoms. The molecular weight excluding hydrogens is 176 g/mol. The minimum Gasteiger partial charge on any atom is -0.496 e. The molecule has 3 heteroatoms. The maximum Gasteiger partial charge on any atom is 0.123 e. The normalized spacial score (nSPS) is 10.2. The Kier molecular flexibility index (Phi) is 4.43. The number of methoxy groups -OCH3 is 1. The lowest BCUT2D eigenvalue weighted by Crippen LogP contribution is -2.22. The van der Waals surface area contributed by atoms with Crippen LogP contribution in [0.25, 0.3) is 0 Å². The number of nitrogens with one attached hydrogen (secondary N) is 1. The van der Waals surface area contributed by atoms with Gasteiger partial charge >= 0.3 is 0 Å². The summed E-state index contributed by atoms with van der Waals surface area (Å²) in [6.45, 7) is 4.37. The molecule has 0 unspecified atom stereocenters. The van der Waals surface area contributed by atoms with Crippen LogP contribution >= 0.6 is 0 Å². The van der Waals surface area contributed by atoms with E-state index in [1.54, 1.807) is 7.11 Å². The van der Waals surface area contributed by atoms with E-state index in [9.17, 15) is 0 Å². The molecule has 1 rings (SSSR count). The van der Waals surface area contributed by atoms with Crippen LogP contribution in [0.5, 0.6) is 5.75 Å². The summed E-state index contributed by atoms with van der Waals surface area (Å²) in [5, 5.41) is 3.25. The molecule has 3 nitrogen and oxygen atoms in total. The van der Waals surface area contributed by atoms with E-state index in [2.05, 4.69) is 18.3 Å². The van der Waals surface area contributed by atoms with Crippen LogP contribution in [0, 0.1) is 6.92 Å². The zero-order chi connectivity index (χ0) is 10.4. The molecule has 0 fully saturated rings. The molecule has 0 aliphatic carbocycles. The Morgan fingerprint density at radius 2 is 2.21 bits per heavy atom. The van der Waals surface area contributed by atoms with E-state index in [0.717, 1.165) is 18.8 Å². The Bertz CT molecular complexity index is 287. The van der Waals surface area contributed by atoms with Crippen molar-refractivity contribution >= 4 is 0 Å². The van der Waals surface area contributed by atoms with Crippen molar-refractivity contribution in [1.82, 2.24) is 5.32 Å². The van der Waals surface area contributed by atoms with Crippen LogP contribution in [-0.2, 0) is 6.54 Å². The Labute approximate surface area is 85.3 Å². The van der Waals surface area contributed by atoms with E-state index >= 15 is 0 Å². The predicted molar refractivity (Wildman–Crippen MR) is 58.5 cm³/mol. The van der Waals surface area contributed by atoms with Crippen molar-refractivity contribution in [2.75, 3.05) is 20.2 Å². The van der Waals surface area contributed by atoms with E-state index in [1.807, 2.05) is 12.1 Å². The third-order valence-corrected chi connectivity index (χ3v) is 2.07. The molecule has 0 amide bonds. The molecule has 0 spiro atoms. The summed E-state index contributed by atoms with van der Waals surface area (Å²) in [6.07, 6.45) is 0. The molecule has 3 N–H and O–H groups in total. The molecule has 1 aromatic rings. The van der Waals surface area contributed by atoms with Gasteiger partial charge in [0.05, 0.1) is 7.11 Å². The van der Waals surface area contributed by atoms with E-state index in [0.29, 0.717) is 6.54 Å². The zero-order valence-electron chi connectivity index (χ0n) is 8.84. The number of hydrogen-bond acceptors (Lipinski definition) is 3. The fraction of sp³-hybridized carbons (Fsp3) is 0.455.